The summed E-state index contributed by atoms with van der Waals surface area (Å²) in [6.45, 7) is 4.65. The van der Waals surface area contributed by atoms with E-state index in [9.17, 15) is 20.1 Å². The van der Waals surface area contributed by atoms with Crippen LogP contribution in [-0.4, -0.2) is 49.2 Å². The van der Waals surface area contributed by atoms with Crippen LogP contribution in [-0.2, 0) is 24.2 Å². The van der Waals surface area contributed by atoms with E-state index in [2.05, 4.69) is 36.7 Å². The third kappa shape index (κ3) is 3.45. The number of rotatable bonds is 5. The number of carbonyl (C=O) groups is 1. The zero-order valence-electron chi connectivity index (χ0n) is 20.6. The lowest BCUT2D eigenvalue weighted by Gasteiger charge is -2.57. The number of fused-ring (bicyclic) bond motifs is 6. The quantitative estimate of drug-likeness (QED) is 0.588. The number of thiophene rings is 1. The molecule has 0 bridgehead atoms. The summed E-state index contributed by atoms with van der Waals surface area (Å²) in [4.78, 5) is 15.2. The molecule has 6 nitrogen and oxygen atoms in total. The number of ketones is 1. The highest BCUT2D eigenvalue weighted by molar-refractivity contribution is 7.11. The number of carbonyl (C=O) groups excluding carboxylic acids is 1. The van der Waals surface area contributed by atoms with E-state index in [1.165, 1.54) is 26.6 Å². The largest absolute Gasteiger partial charge is 0.393 e. The van der Waals surface area contributed by atoms with Crippen molar-refractivity contribution in [3.05, 3.63) is 44.9 Å². The lowest BCUT2D eigenvalue weighted by molar-refractivity contribution is -0.156. The fourth-order valence-electron chi connectivity index (χ4n) is 8.30. The van der Waals surface area contributed by atoms with E-state index in [-0.39, 0.29) is 29.1 Å². The first-order valence-electron chi connectivity index (χ1n) is 13.2. The van der Waals surface area contributed by atoms with Gasteiger partial charge in [0.1, 0.15) is 12.2 Å². The molecular weight excluding hydrogens is 460 g/mol. The van der Waals surface area contributed by atoms with E-state index in [0.717, 1.165) is 38.6 Å². The van der Waals surface area contributed by atoms with Gasteiger partial charge in [0, 0.05) is 15.7 Å². The molecule has 1 unspecified atom stereocenters. The van der Waals surface area contributed by atoms with Crippen molar-refractivity contribution in [1.82, 2.24) is 9.78 Å². The lowest BCUT2D eigenvalue weighted by Crippen LogP contribution is -2.57. The van der Waals surface area contributed by atoms with Crippen molar-refractivity contribution in [3.8, 4) is 0 Å². The minimum atomic E-state index is -1.48. The fourth-order valence-corrected chi connectivity index (χ4v) is 9.24. The monoisotopic (exact) mass is 496 g/mol. The first-order valence-corrected chi connectivity index (χ1v) is 14.0. The number of aryl methyl sites for hydroxylation is 1. The summed E-state index contributed by atoms with van der Waals surface area (Å²) in [6.07, 6.45) is 9.29. The first-order chi connectivity index (χ1) is 16.8. The molecule has 7 heteroatoms. The highest BCUT2D eigenvalue weighted by Gasteiger charge is 2.62. The van der Waals surface area contributed by atoms with Crippen LogP contribution in [0.15, 0.2) is 23.9 Å². The SMILES string of the molecule is CCc1ccc(Cn2ncc3c2C=C2CC[C@@H]4[C@H]([C@@H](O)CC5[C@H]4CC[C@]5(O)C(=O)CO)[C@@]2(C)C3)s1. The van der Waals surface area contributed by atoms with Gasteiger partial charge in [0.15, 0.2) is 5.78 Å². The predicted molar refractivity (Wildman–Crippen MR) is 135 cm³/mol. The van der Waals surface area contributed by atoms with Gasteiger partial charge in [0.25, 0.3) is 0 Å². The Labute approximate surface area is 210 Å². The number of hydrogen-bond acceptors (Lipinski definition) is 6. The summed E-state index contributed by atoms with van der Waals surface area (Å²) in [6, 6.07) is 4.42. The Balaban J connectivity index is 1.29. The molecule has 7 atom stereocenters. The average Bonchev–Trinajstić information content (AvgIpc) is 3.55. The summed E-state index contributed by atoms with van der Waals surface area (Å²) in [5.41, 5.74) is 2.23. The van der Waals surface area contributed by atoms with Crippen molar-refractivity contribution in [1.29, 1.82) is 0 Å². The highest BCUT2D eigenvalue weighted by atomic mass is 32.1. The average molecular weight is 497 g/mol. The van der Waals surface area contributed by atoms with Crippen LogP contribution in [0.1, 0.15) is 67.0 Å². The van der Waals surface area contributed by atoms with Gasteiger partial charge in [0.2, 0.25) is 0 Å². The summed E-state index contributed by atoms with van der Waals surface area (Å²) >= 11 is 1.86. The molecule has 0 radical (unpaired) electrons. The number of Topliss-reactive ketones (excluding diaryl/α,β-unsaturated/α-hetero) is 1. The minimum absolute atomic E-state index is 0.108. The third-order valence-corrected chi connectivity index (χ3v) is 11.2. The van der Waals surface area contributed by atoms with E-state index < -0.39 is 24.1 Å². The Hall–Kier alpha value is -1.80. The van der Waals surface area contributed by atoms with Crippen molar-refractivity contribution >= 4 is 23.2 Å². The zero-order chi connectivity index (χ0) is 24.5. The molecule has 4 aliphatic carbocycles. The number of aliphatic hydroxyl groups excluding tert-OH is 2. The van der Waals surface area contributed by atoms with E-state index in [4.69, 9.17) is 5.10 Å². The van der Waals surface area contributed by atoms with E-state index >= 15 is 0 Å². The van der Waals surface area contributed by atoms with E-state index in [1.54, 1.807) is 0 Å². The van der Waals surface area contributed by atoms with Gasteiger partial charge >= 0.3 is 0 Å². The lowest BCUT2D eigenvalue weighted by atomic mass is 9.48. The second kappa shape index (κ2) is 8.37. The smallest absolute Gasteiger partial charge is 0.189 e. The van der Waals surface area contributed by atoms with Gasteiger partial charge in [-0.15, -0.1) is 11.3 Å². The van der Waals surface area contributed by atoms with Gasteiger partial charge < -0.3 is 15.3 Å². The van der Waals surface area contributed by atoms with E-state index in [0.29, 0.717) is 12.8 Å². The summed E-state index contributed by atoms with van der Waals surface area (Å²) in [5.74, 6) is -0.131. The number of nitrogens with zero attached hydrogens (tertiary/aromatic N) is 2. The molecule has 6 rings (SSSR count). The van der Waals surface area contributed by atoms with Crippen molar-refractivity contribution in [2.75, 3.05) is 6.61 Å². The number of allylic oxidation sites excluding steroid dienone is 1. The van der Waals surface area contributed by atoms with Gasteiger partial charge in [0.05, 0.1) is 24.5 Å². The molecule has 0 aromatic carbocycles. The molecule has 35 heavy (non-hydrogen) atoms. The minimum Gasteiger partial charge on any atom is -0.393 e. The van der Waals surface area contributed by atoms with Crippen molar-refractivity contribution in [3.63, 3.8) is 0 Å². The van der Waals surface area contributed by atoms with Crippen LogP contribution in [0.5, 0.6) is 0 Å². The standard InChI is InChI=1S/C28H36N2O4S/c1-3-18-5-6-19(35-18)14-30-23-10-17-4-7-21-20-8-9-28(34,25(33)15-31)22(20)11-24(32)26(21)27(17,2)12-16(23)13-29-30/h5-6,10,13,20-22,24,26,31-32,34H,3-4,7-9,11-12,14-15H2,1-2H3/t20-,21-,22?,24-,26+,27-,28+/m0/s1. The molecule has 0 spiro atoms. The topological polar surface area (TPSA) is 95.6 Å². The van der Waals surface area contributed by atoms with Gasteiger partial charge in [-0.25, -0.2) is 0 Å². The summed E-state index contributed by atoms with van der Waals surface area (Å²) in [7, 11) is 0. The van der Waals surface area contributed by atoms with Crippen molar-refractivity contribution in [2.24, 2.45) is 29.1 Å². The molecule has 2 heterocycles. The van der Waals surface area contributed by atoms with Crippen LogP contribution in [0.3, 0.4) is 0 Å². The Morgan fingerprint density at radius 3 is 2.80 bits per heavy atom. The van der Waals surface area contributed by atoms with Crippen LogP contribution in [0.25, 0.3) is 6.08 Å². The maximum atomic E-state index is 12.4. The summed E-state index contributed by atoms with van der Waals surface area (Å²) < 4.78 is 2.13. The molecular formula is C28H36N2O4S. The first kappa shape index (κ1) is 23.6. The molecule has 2 aromatic heterocycles. The Kier molecular flexibility index (Phi) is 5.64. The molecule has 4 aliphatic rings. The molecule has 2 aromatic rings. The second-order valence-corrected chi connectivity index (χ2v) is 12.8. The second-order valence-electron chi connectivity index (χ2n) is 11.5. The molecule has 0 aliphatic heterocycles. The normalized spacial score (nSPS) is 37.7. The van der Waals surface area contributed by atoms with Gasteiger partial charge in [-0.3, -0.25) is 9.48 Å². The Morgan fingerprint density at radius 1 is 1.26 bits per heavy atom. The Bertz CT molecular complexity index is 1180. The maximum Gasteiger partial charge on any atom is 0.189 e. The molecule has 3 saturated carbocycles. The number of aromatic nitrogens is 2. The van der Waals surface area contributed by atoms with Crippen LogP contribution in [0.2, 0.25) is 0 Å². The van der Waals surface area contributed by atoms with Gasteiger partial charge in [-0.2, -0.15) is 5.10 Å². The number of aliphatic hydroxyl groups is 3. The third-order valence-electron chi connectivity index (χ3n) is 9.95. The molecule has 0 amide bonds. The number of hydrogen-bond donors (Lipinski definition) is 3. The van der Waals surface area contributed by atoms with Crippen molar-refractivity contribution in [2.45, 2.75) is 77.0 Å². The maximum absolute atomic E-state index is 12.4. The summed E-state index contributed by atoms with van der Waals surface area (Å²) in [5, 5.41) is 36.9. The molecule has 188 valence electrons. The predicted octanol–water partition coefficient (Wildman–Crippen LogP) is 3.61. The molecule has 0 saturated heterocycles. The Morgan fingerprint density at radius 2 is 2.06 bits per heavy atom. The van der Waals surface area contributed by atoms with E-state index in [1.807, 2.05) is 17.5 Å². The van der Waals surface area contributed by atoms with Crippen LogP contribution < -0.4 is 0 Å². The molecule has 3 fully saturated rings. The fraction of sp³-hybridized carbons (Fsp3) is 0.643. The van der Waals surface area contributed by atoms with Gasteiger partial charge in [-0.1, -0.05) is 19.4 Å². The van der Waals surface area contributed by atoms with Crippen LogP contribution in [0, 0.1) is 29.1 Å². The van der Waals surface area contributed by atoms with Crippen LogP contribution in [0.4, 0.5) is 0 Å². The van der Waals surface area contributed by atoms with Crippen molar-refractivity contribution < 1.29 is 20.1 Å². The zero-order valence-corrected chi connectivity index (χ0v) is 21.4. The van der Waals surface area contributed by atoms with Crippen LogP contribution >= 0.6 is 11.3 Å². The highest BCUT2D eigenvalue weighted by Crippen LogP contribution is 2.63. The molecule has 3 N–H and O–H groups in total. The van der Waals surface area contributed by atoms with Gasteiger partial charge in [-0.05, 0) is 91.9 Å².